The number of Topliss-reactive ketones (excluding diaryl/α,β-unsaturated/α-hetero) is 1. The van der Waals surface area contributed by atoms with E-state index in [4.69, 9.17) is 0 Å². The number of pyridine rings is 1. The summed E-state index contributed by atoms with van der Waals surface area (Å²) in [4.78, 5) is 42.8. The van der Waals surface area contributed by atoms with E-state index in [1.165, 1.54) is 13.1 Å². The molecule has 1 aliphatic heterocycles. The summed E-state index contributed by atoms with van der Waals surface area (Å²) in [6.07, 6.45) is 4.44. The van der Waals surface area contributed by atoms with Crippen LogP contribution in [0.25, 0.3) is 0 Å². The molecule has 2 heterocycles. The second-order valence-corrected chi connectivity index (χ2v) is 7.05. The van der Waals surface area contributed by atoms with Gasteiger partial charge in [-0.05, 0) is 50.1 Å². The maximum absolute atomic E-state index is 12.8. The van der Waals surface area contributed by atoms with Crippen LogP contribution < -0.4 is 5.32 Å². The van der Waals surface area contributed by atoms with Crippen molar-refractivity contribution in [1.82, 2.24) is 9.88 Å². The Bertz CT molecular complexity index is 854. The zero-order chi connectivity index (χ0) is 18.7. The summed E-state index contributed by atoms with van der Waals surface area (Å²) in [5, 5.41) is 2.81. The van der Waals surface area contributed by atoms with E-state index in [1.807, 2.05) is 0 Å². The molecule has 1 saturated heterocycles. The Morgan fingerprint density at radius 2 is 2.08 bits per heavy atom. The van der Waals surface area contributed by atoms with Crippen molar-refractivity contribution in [3.8, 4) is 0 Å². The van der Waals surface area contributed by atoms with Crippen LogP contribution in [0, 0.1) is 0 Å². The summed E-state index contributed by atoms with van der Waals surface area (Å²) in [6.45, 7) is 1.97. The van der Waals surface area contributed by atoms with Crippen LogP contribution in [0.2, 0.25) is 0 Å². The number of ketones is 1. The standard InChI is InChI=1S/C19H18BrN3O3/c1-12(24)15-10-14(20)6-7-16(15)22-18(25)17-5-3-9-23(17)19(26)13-4-2-8-21-11-13/h2,4,6-8,10-11,17H,3,5,9H2,1H3,(H,22,25)/t17-/m0/s1. The molecule has 3 rings (SSSR count). The first-order chi connectivity index (χ1) is 12.5. The van der Waals surface area contributed by atoms with Crippen LogP contribution in [0.5, 0.6) is 0 Å². The van der Waals surface area contributed by atoms with E-state index in [2.05, 4.69) is 26.2 Å². The highest BCUT2D eigenvalue weighted by atomic mass is 79.9. The SMILES string of the molecule is CC(=O)c1cc(Br)ccc1NC(=O)[C@@H]1CCCN1C(=O)c1cccnc1. The Balaban J connectivity index is 1.79. The number of rotatable bonds is 4. The molecule has 1 aromatic carbocycles. The maximum atomic E-state index is 12.8. The average Bonchev–Trinajstić information content (AvgIpc) is 3.13. The highest BCUT2D eigenvalue weighted by Gasteiger charge is 2.35. The smallest absolute Gasteiger partial charge is 0.256 e. The number of likely N-dealkylation sites (tertiary alicyclic amines) is 1. The lowest BCUT2D eigenvalue weighted by Gasteiger charge is -2.24. The zero-order valence-corrected chi connectivity index (χ0v) is 15.8. The summed E-state index contributed by atoms with van der Waals surface area (Å²) in [5.41, 5.74) is 1.34. The number of carbonyl (C=O) groups excluding carboxylic acids is 3. The van der Waals surface area contributed by atoms with Gasteiger partial charge in [0.05, 0.1) is 11.3 Å². The molecule has 1 N–H and O–H groups in total. The van der Waals surface area contributed by atoms with Crippen molar-refractivity contribution in [1.29, 1.82) is 0 Å². The van der Waals surface area contributed by atoms with Gasteiger partial charge in [0.25, 0.3) is 5.91 Å². The molecule has 6 nitrogen and oxygen atoms in total. The lowest BCUT2D eigenvalue weighted by atomic mass is 10.1. The quantitative estimate of drug-likeness (QED) is 0.776. The van der Waals surface area contributed by atoms with Crippen LogP contribution in [-0.2, 0) is 4.79 Å². The number of hydrogen-bond donors (Lipinski definition) is 1. The van der Waals surface area contributed by atoms with E-state index in [0.29, 0.717) is 29.8 Å². The number of nitrogens with one attached hydrogen (secondary N) is 1. The fourth-order valence-corrected chi connectivity index (χ4v) is 3.43. The van der Waals surface area contributed by atoms with Gasteiger partial charge < -0.3 is 10.2 Å². The zero-order valence-electron chi connectivity index (χ0n) is 14.2. The fourth-order valence-electron chi connectivity index (χ4n) is 3.07. The lowest BCUT2D eigenvalue weighted by Crippen LogP contribution is -2.43. The van der Waals surface area contributed by atoms with Crippen LogP contribution in [-0.4, -0.2) is 40.1 Å². The van der Waals surface area contributed by atoms with E-state index in [-0.39, 0.29) is 17.6 Å². The first kappa shape index (κ1) is 18.3. The molecule has 1 aromatic heterocycles. The van der Waals surface area contributed by atoms with Gasteiger partial charge in [-0.2, -0.15) is 0 Å². The van der Waals surface area contributed by atoms with Crippen molar-refractivity contribution in [3.63, 3.8) is 0 Å². The van der Waals surface area contributed by atoms with E-state index >= 15 is 0 Å². The molecule has 0 unspecified atom stereocenters. The third-order valence-corrected chi connectivity index (χ3v) is 4.84. The largest absolute Gasteiger partial charge is 0.327 e. The number of halogens is 1. The molecule has 0 saturated carbocycles. The van der Waals surface area contributed by atoms with Crippen molar-refractivity contribution in [2.45, 2.75) is 25.8 Å². The number of carbonyl (C=O) groups is 3. The van der Waals surface area contributed by atoms with Crippen molar-refractivity contribution in [3.05, 3.63) is 58.3 Å². The predicted molar refractivity (Wildman–Crippen MR) is 101 cm³/mol. The van der Waals surface area contributed by atoms with Gasteiger partial charge >= 0.3 is 0 Å². The molecule has 0 spiro atoms. The molecule has 2 amide bonds. The van der Waals surface area contributed by atoms with Gasteiger partial charge in [-0.1, -0.05) is 15.9 Å². The highest BCUT2D eigenvalue weighted by molar-refractivity contribution is 9.10. The number of hydrogen-bond acceptors (Lipinski definition) is 4. The molecule has 134 valence electrons. The maximum Gasteiger partial charge on any atom is 0.256 e. The molecule has 2 aromatic rings. The first-order valence-electron chi connectivity index (χ1n) is 8.29. The van der Waals surface area contributed by atoms with Crippen LogP contribution in [0.15, 0.2) is 47.2 Å². The van der Waals surface area contributed by atoms with Crippen molar-refractivity contribution >= 4 is 39.2 Å². The first-order valence-corrected chi connectivity index (χ1v) is 9.09. The van der Waals surface area contributed by atoms with Gasteiger partial charge in [0, 0.05) is 29.0 Å². The van der Waals surface area contributed by atoms with E-state index < -0.39 is 6.04 Å². The molecular weight excluding hydrogens is 398 g/mol. The van der Waals surface area contributed by atoms with E-state index in [1.54, 1.807) is 41.4 Å². The third kappa shape index (κ3) is 3.83. The van der Waals surface area contributed by atoms with Crippen LogP contribution >= 0.6 is 15.9 Å². The number of amides is 2. The molecular formula is C19H18BrN3O3. The number of nitrogens with zero attached hydrogens (tertiary/aromatic N) is 2. The Labute approximate surface area is 159 Å². The highest BCUT2D eigenvalue weighted by Crippen LogP contribution is 2.25. The minimum absolute atomic E-state index is 0.142. The second kappa shape index (κ2) is 7.78. The van der Waals surface area contributed by atoms with Crippen LogP contribution in [0.1, 0.15) is 40.5 Å². The molecule has 0 aliphatic carbocycles. The molecule has 0 bridgehead atoms. The van der Waals surface area contributed by atoms with Crippen molar-refractivity contribution in [2.24, 2.45) is 0 Å². The van der Waals surface area contributed by atoms with Gasteiger partial charge in [-0.15, -0.1) is 0 Å². The summed E-state index contributed by atoms with van der Waals surface area (Å²) in [6, 6.07) is 7.93. The Kier molecular flexibility index (Phi) is 5.46. The van der Waals surface area contributed by atoms with Gasteiger partial charge in [0.1, 0.15) is 6.04 Å². The number of aromatic nitrogens is 1. The van der Waals surface area contributed by atoms with E-state index in [9.17, 15) is 14.4 Å². The van der Waals surface area contributed by atoms with Crippen molar-refractivity contribution in [2.75, 3.05) is 11.9 Å². The summed E-state index contributed by atoms with van der Waals surface area (Å²) >= 11 is 3.33. The number of anilines is 1. The van der Waals surface area contributed by atoms with E-state index in [0.717, 1.165) is 10.9 Å². The summed E-state index contributed by atoms with van der Waals surface area (Å²) < 4.78 is 0.759. The van der Waals surface area contributed by atoms with Gasteiger partial charge in [-0.3, -0.25) is 19.4 Å². The Morgan fingerprint density at radius 3 is 2.77 bits per heavy atom. The van der Waals surface area contributed by atoms with Gasteiger partial charge in [-0.25, -0.2) is 0 Å². The molecule has 1 atom stereocenters. The lowest BCUT2D eigenvalue weighted by molar-refractivity contribution is -0.119. The Hall–Kier alpha value is -2.54. The van der Waals surface area contributed by atoms with Crippen LogP contribution in [0.4, 0.5) is 5.69 Å². The fraction of sp³-hybridized carbons (Fsp3) is 0.263. The molecule has 0 radical (unpaired) electrons. The minimum Gasteiger partial charge on any atom is -0.327 e. The Morgan fingerprint density at radius 1 is 1.27 bits per heavy atom. The topological polar surface area (TPSA) is 79.4 Å². The van der Waals surface area contributed by atoms with Crippen molar-refractivity contribution < 1.29 is 14.4 Å². The summed E-state index contributed by atoms with van der Waals surface area (Å²) in [7, 11) is 0. The number of benzene rings is 1. The molecule has 1 aliphatic rings. The molecule has 26 heavy (non-hydrogen) atoms. The van der Waals surface area contributed by atoms with Gasteiger partial charge in [0.15, 0.2) is 5.78 Å². The second-order valence-electron chi connectivity index (χ2n) is 6.13. The normalized spacial score (nSPS) is 16.4. The monoisotopic (exact) mass is 415 g/mol. The van der Waals surface area contributed by atoms with Gasteiger partial charge in [0.2, 0.25) is 5.91 Å². The molecule has 1 fully saturated rings. The third-order valence-electron chi connectivity index (χ3n) is 4.34. The average molecular weight is 416 g/mol. The predicted octanol–water partition coefficient (Wildman–Crippen LogP) is 3.29. The minimum atomic E-state index is -0.564. The van der Waals surface area contributed by atoms with Crippen LogP contribution in [0.3, 0.4) is 0 Å². The summed E-state index contributed by atoms with van der Waals surface area (Å²) in [5.74, 6) is -0.640. The molecule has 7 heteroatoms.